The van der Waals surface area contributed by atoms with Crippen LogP contribution in [-0.4, -0.2) is 75.6 Å². The molecule has 4 atom stereocenters. The summed E-state index contributed by atoms with van der Waals surface area (Å²) in [6.07, 6.45) is 4.31. The van der Waals surface area contributed by atoms with Crippen LogP contribution in [0.4, 0.5) is 11.6 Å². The van der Waals surface area contributed by atoms with E-state index in [-0.39, 0.29) is 24.2 Å². The number of nitrogens with one attached hydrogen (secondary N) is 1. The number of aliphatic hydroxyl groups is 2. The number of hydrogen-bond donors (Lipinski definition) is 3. The van der Waals surface area contributed by atoms with Crippen molar-refractivity contribution in [3.63, 3.8) is 0 Å². The van der Waals surface area contributed by atoms with E-state index < -0.39 is 0 Å². The van der Waals surface area contributed by atoms with Crippen molar-refractivity contribution in [2.45, 2.75) is 71.6 Å². The minimum atomic E-state index is -0.352. The Bertz CT molecular complexity index is 1730. The molecule has 3 N–H and O–H groups in total. The molecule has 0 radical (unpaired) electrons. The molecule has 5 aliphatic rings. The van der Waals surface area contributed by atoms with Gasteiger partial charge in [-0.25, -0.2) is 9.98 Å². The average Bonchev–Trinajstić information content (AvgIpc) is 3.03. The third-order valence-electron chi connectivity index (χ3n) is 11.8. The first-order valence-corrected chi connectivity index (χ1v) is 17.9. The van der Waals surface area contributed by atoms with Crippen LogP contribution < -0.4 is 15.8 Å². The van der Waals surface area contributed by atoms with Gasteiger partial charge in [0.2, 0.25) is 5.95 Å². The van der Waals surface area contributed by atoms with E-state index in [0.29, 0.717) is 95.3 Å². The Morgan fingerprint density at radius 1 is 1.11 bits per heavy atom. The number of anilines is 1. The number of β-amino-alcohol motifs (C(OH)–C–C–N with tert-alkyl or cyclic N) is 1. The molecule has 3 aliphatic carbocycles. The van der Waals surface area contributed by atoms with Gasteiger partial charge in [0.25, 0.3) is 5.56 Å². The number of guanidine groups is 1. The lowest BCUT2D eigenvalue weighted by molar-refractivity contribution is -0.112. The lowest BCUT2D eigenvalue weighted by atomic mass is 9.45. The topological polar surface area (TPSA) is 106 Å². The summed E-state index contributed by atoms with van der Waals surface area (Å²) < 4.78 is 1.77. The zero-order valence-corrected chi connectivity index (χ0v) is 29.0. The molecule has 2 saturated heterocycles. The van der Waals surface area contributed by atoms with Gasteiger partial charge in [0.05, 0.1) is 22.7 Å². The molecule has 3 heterocycles. The van der Waals surface area contributed by atoms with Crippen LogP contribution in [0, 0.1) is 29.1 Å². The van der Waals surface area contributed by atoms with Crippen LogP contribution in [0.25, 0.3) is 10.9 Å². The number of likely N-dealkylation sites (tertiary alicyclic amines) is 1. The SMILES string of the molecule is C[C@H]1[C@@H](NC(=Nc2ccc3c(=O)n(CCc4ccc(Cl)cc4Cl)c(N4CCC(CO)CC4)nc3c2)N2CC(O)C2)C[C@@H]2C[C@@H]1C2(C)C. The number of piperidine rings is 1. The maximum Gasteiger partial charge on any atom is 0.262 e. The number of halogens is 2. The predicted molar refractivity (Wildman–Crippen MR) is 189 cm³/mol. The highest BCUT2D eigenvalue weighted by Crippen LogP contribution is 2.61. The molecule has 3 aromatic rings. The minimum absolute atomic E-state index is 0.100. The van der Waals surface area contributed by atoms with Gasteiger partial charge in [-0.05, 0) is 97.1 Å². The first-order chi connectivity index (χ1) is 22.5. The number of rotatable bonds is 7. The Labute approximate surface area is 286 Å². The smallest absolute Gasteiger partial charge is 0.262 e. The Hall–Kier alpha value is -2.85. The van der Waals surface area contributed by atoms with Crippen molar-refractivity contribution >= 4 is 51.7 Å². The Kier molecular flexibility index (Phi) is 8.96. The molecule has 11 heteroatoms. The van der Waals surface area contributed by atoms with Crippen molar-refractivity contribution in [1.29, 1.82) is 0 Å². The third-order valence-corrected chi connectivity index (χ3v) is 12.3. The maximum absolute atomic E-state index is 14.1. The molecule has 0 spiro atoms. The quantitative estimate of drug-likeness (QED) is 0.224. The van der Waals surface area contributed by atoms with E-state index in [9.17, 15) is 15.0 Å². The van der Waals surface area contributed by atoms with E-state index in [0.717, 1.165) is 36.5 Å². The number of aryl methyl sites for hydroxylation is 1. The van der Waals surface area contributed by atoms with E-state index >= 15 is 0 Å². The molecule has 2 bridgehead atoms. The number of fused-ring (bicyclic) bond motifs is 3. The summed E-state index contributed by atoms with van der Waals surface area (Å²) in [5.41, 5.74) is 2.54. The Morgan fingerprint density at radius 3 is 2.53 bits per heavy atom. The molecule has 3 saturated carbocycles. The van der Waals surface area contributed by atoms with Crippen molar-refractivity contribution in [3.05, 3.63) is 62.4 Å². The summed E-state index contributed by atoms with van der Waals surface area (Å²) in [7, 11) is 0. The zero-order chi connectivity index (χ0) is 33.0. The van der Waals surface area contributed by atoms with Crippen molar-refractivity contribution < 1.29 is 10.2 Å². The van der Waals surface area contributed by atoms with Gasteiger partial charge in [0, 0.05) is 55.4 Å². The Morgan fingerprint density at radius 2 is 1.87 bits per heavy atom. The van der Waals surface area contributed by atoms with Gasteiger partial charge in [0.15, 0.2) is 5.96 Å². The molecular formula is C36H46Cl2N6O3. The van der Waals surface area contributed by atoms with E-state index in [1.807, 2.05) is 30.3 Å². The molecule has 2 aromatic carbocycles. The van der Waals surface area contributed by atoms with Gasteiger partial charge >= 0.3 is 0 Å². The van der Waals surface area contributed by atoms with Crippen LogP contribution in [0.5, 0.6) is 0 Å². The summed E-state index contributed by atoms with van der Waals surface area (Å²) in [6.45, 7) is 10.3. The molecule has 0 unspecified atom stereocenters. The number of benzene rings is 2. The molecule has 252 valence electrons. The maximum atomic E-state index is 14.1. The van der Waals surface area contributed by atoms with Gasteiger partial charge in [-0.3, -0.25) is 9.36 Å². The summed E-state index contributed by atoms with van der Waals surface area (Å²) in [5.74, 6) is 3.62. The van der Waals surface area contributed by atoms with Crippen LogP contribution >= 0.6 is 23.2 Å². The van der Waals surface area contributed by atoms with Crippen LogP contribution in [0.3, 0.4) is 0 Å². The lowest BCUT2D eigenvalue weighted by Gasteiger charge is -2.62. The molecular weight excluding hydrogens is 635 g/mol. The molecule has 8 rings (SSSR count). The fourth-order valence-corrected chi connectivity index (χ4v) is 8.94. The van der Waals surface area contributed by atoms with E-state index in [2.05, 4.69) is 35.9 Å². The van der Waals surface area contributed by atoms with Crippen LogP contribution in [0.1, 0.15) is 52.0 Å². The number of hydrogen-bond acceptors (Lipinski definition) is 6. The summed E-state index contributed by atoms with van der Waals surface area (Å²) in [6, 6.07) is 11.4. The molecule has 9 nitrogen and oxygen atoms in total. The van der Waals surface area contributed by atoms with Crippen LogP contribution in [-0.2, 0) is 13.0 Å². The van der Waals surface area contributed by atoms with Gasteiger partial charge in [-0.2, -0.15) is 0 Å². The van der Waals surface area contributed by atoms with Crippen molar-refractivity contribution in [3.8, 4) is 0 Å². The fourth-order valence-electron chi connectivity index (χ4n) is 8.43. The van der Waals surface area contributed by atoms with Crippen LogP contribution in [0.2, 0.25) is 10.0 Å². The van der Waals surface area contributed by atoms with E-state index in [1.165, 1.54) is 6.42 Å². The highest BCUT2D eigenvalue weighted by Gasteiger charge is 2.56. The van der Waals surface area contributed by atoms with Gasteiger partial charge in [0.1, 0.15) is 0 Å². The molecule has 1 aromatic heterocycles. The molecule has 5 fully saturated rings. The summed E-state index contributed by atoms with van der Waals surface area (Å²) >= 11 is 12.6. The van der Waals surface area contributed by atoms with Crippen LogP contribution in [0.15, 0.2) is 46.2 Å². The fraction of sp³-hybridized carbons (Fsp3) is 0.583. The van der Waals surface area contributed by atoms with Gasteiger partial charge in [-0.1, -0.05) is 50.0 Å². The number of aliphatic hydroxyl groups excluding tert-OH is 2. The highest BCUT2D eigenvalue weighted by atomic mass is 35.5. The normalized spacial score (nSPS) is 26.3. The van der Waals surface area contributed by atoms with Crippen molar-refractivity contribution in [1.82, 2.24) is 19.8 Å². The standard InChI is InChI=1S/C36H46Cl2N6O3/c1-21-29-14-24(36(29,2)3)15-31(21)40-34(43-18-27(46)19-43)39-26-6-7-28-32(17-26)41-35(42-11-8-22(20-45)9-12-42)44(33(28)47)13-10-23-4-5-25(37)16-30(23)38/h4-7,16-17,21-22,24,27,29,31,45-46H,8-15,18-20H2,1-3H3,(H,39,40)/t21-,24+,29+,31+/m1/s1. The molecule has 2 aliphatic heterocycles. The van der Waals surface area contributed by atoms with Crippen molar-refractivity contribution in [2.75, 3.05) is 37.7 Å². The van der Waals surface area contributed by atoms with Crippen molar-refractivity contribution in [2.24, 2.45) is 34.1 Å². The lowest BCUT2D eigenvalue weighted by Crippen LogP contribution is -2.64. The monoisotopic (exact) mass is 680 g/mol. The average molecular weight is 682 g/mol. The highest BCUT2D eigenvalue weighted by molar-refractivity contribution is 6.35. The van der Waals surface area contributed by atoms with E-state index in [4.69, 9.17) is 33.2 Å². The number of aromatic nitrogens is 2. The largest absolute Gasteiger partial charge is 0.396 e. The second kappa shape index (κ2) is 12.9. The number of nitrogens with zero attached hydrogens (tertiary/aromatic N) is 5. The molecule has 0 amide bonds. The first kappa shape index (κ1) is 32.7. The number of aliphatic imine (C=N–C) groups is 1. The minimum Gasteiger partial charge on any atom is -0.396 e. The third kappa shape index (κ3) is 6.25. The predicted octanol–water partition coefficient (Wildman–Crippen LogP) is 5.48. The first-order valence-electron chi connectivity index (χ1n) is 17.1. The molecule has 47 heavy (non-hydrogen) atoms. The van der Waals surface area contributed by atoms with Gasteiger partial charge in [-0.15, -0.1) is 0 Å². The summed E-state index contributed by atoms with van der Waals surface area (Å²) in [5, 5.41) is 25.3. The second-order valence-electron chi connectivity index (χ2n) is 14.9. The Balaban J connectivity index is 1.21. The second-order valence-corrected chi connectivity index (χ2v) is 15.7. The summed E-state index contributed by atoms with van der Waals surface area (Å²) in [4.78, 5) is 28.6. The van der Waals surface area contributed by atoms with Gasteiger partial charge < -0.3 is 25.3 Å². The van der Waals surface area contributed by atoms with E-state index in [1.54, 1.807) is 10.6 Å². The zero-order valence-electron chi connectivity index (χ0n) is 27.5.